The van der Waals surface area contributed by atoms with Gasteiger partial charge in [0.2, 0.25) is 0 Å². The minimum atomic E-state index is -4.73. The molecule has 6 heteroatoms. The van der Waals surface area contributed by atoms with Gasteiger partial charge >= 0.3 is 6.18 Å². The smallest absolute Gasteiger partial charge is 0.241 e. The first kappa shape index (κ1) is 9.25. The van der Waals surface area contributed by atoms with Crippen LogP contribution in [0.2, 0.25) is 5.15 Å². The van der Waals surface area contributed by atoms with Gasteiger partial charge in [0.1, 0.15) is 5.15 Å². The van der Waals surface area contributed by atoms with E-state index in [-0.39, 0.29) is 5.15 Å². The standard InChI is InChI=1S/C6H2ClF4N/c7-5-1-3(6(9,10)11)4(8)2-12-5/h1-2H. The Bertz CT molecular complexity index is 296. The number of halogens is 5. The van der Waals surface area contributed by atoms with Crippen molar-refractivity contribution in [3.63, 3.8) is 0 Å². The number of nitrogens with zero attached hydrogens (tertiary/aromatic N) is 1. The van der Waals surface area contributed by atoms with E-state index in [0.29, 0.717) is 12.3 Å². The van der Waals surface area contributed by atoms with E-state index in [4.69, 9.17) is 11.6 Å². The van der Waals surface area contributed by atoms with E-state index in [2.05, 4.69) is 4.98 Å². The molecule has 0 N–H and O–H groups in total. The summed E-state index contributed by atoms with van der Waals surface area (Å²) in [5.41, 5.74) is -1.40. The van der Waals surface area contributed by atoms with Crippen molar-refractivity contribution in [2.75, 3.05) is 0 Å². The van der Waals surface area contributed by atoms with Gasteiger partial charge in [-0.25, -0.2) is 9.37 Å². The molecule has 0 radical (unpaired) electrons. The Kier molecular flexibility index (Phi) is 2.23. The van der Waals surface area contributed by atoms with Crippen molar-refractivity contribution in [3.8, 4) is 0 Å². The van der Waals surface area contributed by atoms with E-state index in [0.717, 1.165) is 0 Å². The van der Waals surface area contributed by atoms with Gasteiger partial charge < -0.3 is 0 Å². The minimum absolute atomic E-state index is 0.385. The van der Waals surface area contributed by atoms with Gasteiger partial charge in [0.25, 0.3) is 0 Å². The highest BCUT2D eigenvalue weighted by molar-refractivity contribution is 6.29. The van der Waals surface area contributed by atoms with E-state index >= 15 is 0 Å². The molecule has 0 aromatic carbocycles. The second-order valence-corrected chi connectivity index (χ2v) is 2.37. The molecule has 1 aromatic rings. The van der Waals surface area contributed by atoms with Crippen molar-refractivity contribution in [1.29, 1.82) is 0 Å². The van der Waals surface area contributed by atoms with Crippen molar-refractivity contribution >= 4 is 11.6 Å². The van der Waals surface area contributed by atoms with Crippen molar-refractivity contribution in [1.82, 2.24) is 4.98 Å². The van der Waals surface area contributed by atoms with Crippen LogP contribution in [-0.4, -0.2) is 4.98 Å². The molecule has 0 fully saturated rings. The molecule has 1 heterocycles. The van der Waals surface area contributed by atoms with Gasteiger partial charge in [0.15, 0.2) is 5.82 Å². The first-order chi connectivity index (χ1) is 5.41. The molecular formula is C6H2ClF4N. The summed E-state index contributed by atoms with van der Waals surface area (Å²) < 4.78 is 48.1. The maximum absolute atomic E-state index is 12.4. The lowest BCUT2D eigenvalue weighted by Crippen LogP contribution is -2.08. The largest absolute Gasteiger partial charge is 0.419 e. The molecule has 12 heavy (non-hydrogen) atoms. The number of aromatic nitrogens is 1. The third-order valence-corrected chi connectivity index (χ3v) is 1.33. The van der Waals surface area contributed by atoms with Gasteiger partial charge in [-0.2, -0.15) is 13.2 Å². The highest BCUT2D eigenvalue weighted by atomic mass is 35.5. The Morgan fingerprint density at radius 1 is 1.33 bits per heavy atom. The lowest BCUT2D eigenvalue weighted by Gasteiger charge is -2.06. The van der Waals surface area contributed by atoms with E-state index in [9.17, 15) is 17.6 Å². The summed E-state index contributed by atoms with van der Waals surface area (Å²) in [7, 11) is 0. The first-order valence-electron chi connectivity index (χ1n) is 2.79. The molecule has 1 rings (SSSR count). The predicted octanol–water partition coefficient (Wildman–Crippen LogP) is 2.89. The lowest BCUT2D eigenvalue weighted by atomic mass is 10.2. The highest BCUT2D eigenvalue weighted by Gasteiger charge is 2.34. The molecule has 1 aromatic heterocycles. The number of hydrogen-bond donors (Lipinski definition) is 0. The van der Waals surface area contributed by atoms with Crippen LogP contribution in [0.4, 0.5) is 17.6 Å². The summed E-state index contributed by atoms with van der Waals surface area (Å²) in [6.45, 7) is 0. The van der Waals surface area contributed by atoms with Crippen LogP contribution in [0.25, 0.3) is 0 Å². The average molecular weight is 200 g/mol. The molecule has 0 amide bonds. The van der Waals surface area contributed by atoms with Crippen molar-refractivity contribution < 1.29 is 17.6 Å². The second kappa shape index (κ2) is 2.90. The molecule has 0 aliphatic carbocycles. The number of rotatable bonds is 0. The quantitative estimate of drug-likeness (QED) is 0.463. The Balaban J connectivity index is 3.23. The fourth-order valence-corrected chi connectivity index (χ4v) is 0.788. The van der Waals surface area contributed by atoms with Crippen LogP contribution >= 0.6 is 11.6 Å². The van der Waals surface area contributed by atoms with Gasteiger partial charge in [0.05, 0.1) is 11.8 Å². The Morgan fingerprint density at radius 2 is 1.92 bits per heavy atom. The van der Waals surface area contributed by atoms with Crippen molar-refractivity contribution in [3.05, 3.63) is 28.8 Å². The minimum Gasteiger partial charge on any atom is -0.241 e. The van der Waals surface area contributed by atoms with E-state index in [1.807, 2.05) is 0 Å². The number of pyridine rings is 1. The molecule has 0 bridgehead atoms. The number of alkyl halides is 3. The molecular weight excluding hydrogens is 198 g/mol. The molecule has 0 saturated carbocycles. The fourth-order valence-electron chi connectivity index (χ4n) is 0.630. The SMILES string of the molecule is Fc1cnc(Cl)cc1C(F)(F)F. The van der Waals surface area contributed by atoms with Gasteiger partial charge in [0, 0.05) is 0 Å². The topological polar surface area (TPSA) is 12.9 Å². The summed E-state index contributed by atoms with van der Waals surface area (Å²) in [5.74, 6) is -1.42. The molecule has 0 unspecified atom stereocenters. The lowest BCUT2D eigenvalue weighted by molar-refractivity contribution is -0.140. The molecule has 0 aliphatic rings. The fraction of sp³-hybridized carbons (Fsp3) is 0.167. The Morgan fingerprint density at radius 3 is 2.33 bits per heavy atom. The average Bonchev–Trinajstić information content (AvgIpc) is 1.92. The van der Waals surface area contributed by atoms with E-state index in [1.54, 1.807) is 0 Å². The molecule has 66 valence electrons. The van der Waals surface area contributed by atoms with Gasteiger partial charge in [-0.3, -0.25) is 0 Å². The summed E-state index contributed by atoms with van der Waals surface area (Å²) in [6.07, 6.45) is -4.29. The first-order valence-corrected chi connectivity index (χ1v) is 3.17. The molecule has 0 saturated heterocycles. The van der Waals surface area contributed by atoms with Crippen LogP contribution in [-0.2, 0) is 6.18 Å². The van der Waals surface area contributed by atoms with Crippen LogP contribution in [0.1, 0.15) is 5.56 Å². The van der Waals surface area contributed by atoms with Crippen LogP contribution < -0.4 is 0 Å². The third kappa shape index (κ3) is 1.85. The van der Waals surface area contributed by atoms with Crippen molar-refractivity contribution in [2.24, 2.45) is 0 Å². The van der Waals surface area contributed by atoms with E-state index < -0.39 is 17.6 Å². The summed E-state index contributed by atoms with van der Waals surface area (Å²) in [6, 6.07) is 0.441. The van der Waals surface area contributed by atoms with E-state index in [1.165, 1.54) is 0 Å². The summed E-state index contributed by atoms with van der Waals surface area (Å²) >= 11 is 5.15. The summed E-state index contributed by atoms with van der Waals surface area (Å²) in [5, 5.41) is -0.385. The maximum atomic E-state index is 12.4. The third-order valence-electron chi connectivity index (χ3n) is 1.13. The zero-order chi connectivity index (χ0) is 9.35. The van der Waals surface area contributed by atoms with Crippen LogP contribution in [0.15, 0.2) is 12.3 Å². The second-order valence-electron chi connectivity index (χ2n) is 1.98. The number of hydrogen-bond acceptors (Lipinski definition) is 1. The summed E-state index contributed by atoms with van der Waals surface area (Å²) in [4.78, 5) is 3.14. The zero-order valence-electron chi connectivity index (χ0n) is 5.49. The highest BCUT2D eigenvalue weighted by Crippen LogP contribution is 2.31. The normalized spacial score (nSPS) is 11.8. The molecule has 0 atom stereocenters. The predicted molar refractivity (Wildman–Crippen MR) is 34.2 cm³/mol. The monoisotopic (exact) mass is 199 g/mol. The zero-order valence-corrected chi connectivity index (χ0v) is 6.25. The van der Waals surface area contributed by atoms with Crippen LogP contribution in [0, 0.1) is 5.82 Å². The van der Waals surface area contributed by atoms with Gasteiger partial charge in [-0.1, -0.05) is 11.6 Å². The van der Waals surface area contributed by atoms with Crippen molar-refractivity contribution in [2.45, 2.75) is 6.18 Å². The molecule has 0 aliphatic heterocycles. The molecule has 0 spiro atoms. The Labute approximate surface area is 70.0 Å². The Hall–Kier alpha value is -0.840. The van der Waals surface area contributed by atoms with Crippen LogP contribution in [0.5, 0.6) is 0 Å². The molecule has 1 nitrogen and oxygen atoms in total. The van der Waals surface area contributed by atoms with Gasteiger partial charge in [-0.05, 0) is 6.07 Å². The van der Waals surface area contributed by atoms with Gasteiger partial charge in [-0.15, -0.1) is 0 Å². The van der Waals surface area contributed by atoms with Crippen LogP contribution in [0.3, 0.4) is 0 Å². The maximum Gasteiger partial charge on any atom is 0.419 e.